The van der Waals surface area contributed by atoms with E-state index in [1.165, 1.54) is 9.80 Å². The predicted octanol–water partition coefficient (Wildman–Crippen LogP) is -0.265. The molecule has 0 aliphatic carbocycles. The lowest BCUT2D eigenvalue weighted by molar-refractivity contribution is -0.136. The largest absolute Gasteiger partial charge is 0.351 e. The zero-order chi connectivity index (χ0) is 11.9. The third-order valence-electron chi connectivity index (χ3n) is 2.88. The van der Waals surface area contributed by atoms with Gasteiger partial charge in [0.25, 0.3) is 5.91 Å². The first-order valence-corrected chi connectivity index (χ1v) is 5.02. The Hall–Kier alpha value is -1.85. The molecule has 1 fully saturated rings. The average molecular weight is 222 g/mol. The first-order chi connectivity index (χ1) is 7.57. The van der Waals surface area contributed by atoms with Crippen molar-refractivity contribution in [2.24, 2.45) is 4.99 Å². The molecule has 6 heteroatoms. The Balaban J connectivity index is 2.31. The number of likely N-dealkylation sites (N-methyl/N-ethyl adjacent to an activating group) is 2. The molecule has 6 nitrogen and oxygen atoms in total. The summed E-state index contributed by atoms with van der Waals surface area (Å²) in [6, 6.07) is -0.721. The minimum Gasteiger partial charge on any atom is -0.351 e. The fourth-order valence-electron chi connectivity index (χ4n) is 2.01. The molecule has 3 amide bonds. The summed E-state index contributed by atoms with van der Waals surface area (Å²) < 4.78 is 0. The number of carbonyl (C=O) groups is 2. The van der Waals surface area contributed by atoms with E-state index in [1.807, 2.05) is 0 Å². The molecule has 0 N–H and O–H groups in total. The summed E-state index contributed by atoms with van der Waals surface area (Å²) >= 11 is 0. The molecule has 0 aromatic carbocycles. The van der Waals surface area contributed by atoms with E-state index in [0.717, 1.165) is 0 Å². The predicted molar refractivity (Wildman–Crippen MR) is 58.9 cm³/mol. The van der Waals surface area contributed by atoms with Crippen LogP contribution in [0.4, 0.5) is 4.79 Å². The van der Waals surface area contributed by atoms with E-state index in [2.05, 4.69) is 11.6 Å². The molecule has 2 heterocycles. The first-order valence-electron chi connectivity index (χ1n) is 5.02. The molecule has 0 aromatic heterocycles. The Labute approximate surface area is 93.8 Å². The van der Waals surface area contributed by atoms with Gasteiger partial charge in [-0.25, -0.2) is 9.79 Å². The first kappa shape index (κ1) is 10.7. The minimum absolute atomic E-state index is 0.215. The molecule has 0 radical (unpaired) electrons. The van der Waals surface area contributed by atoms with Gasteiger partial charge in [0.1, 0.15) is 0 Å². The van der Waals surface area contributed by atoms with Gasteiger partial charge in [0.2, 0.25) is 0 Å². The fraction of sp³-hybridized carbons (Fsp3) is 0.500. The molecular weight excluding hydrogens is 208 g/mol. The van der Waals surface area contributed by atoms with E-state index in [4.69, 9.17) is 0 Å². The van der Waals surface area contributed by atoms with Crippen LogP contribution >= 0.6 is 0 Å². The fourth-order valence-corrected chi connectivity index (χ4v) is 2.01. The van der Waals surface area contributed by atoms with Crippen LogP contribution < -0.4 is 0 Å². The maximum absolute atomic E-state index is 12.1. The van der Waals surface area contributed by atoms with Crippen LogP contribution in [0.3, 0.4) is 0 Å². The third kappa shape index (κ3) is 1.30. The molecule has 1 saturated heterocycles. The molecule has 0 aromatic rings. The van der Waals surface area contributed by atoms with E-state index in [0.29, 0.717) is 0 Å². The molecule has 2 unspecified atom stereocenters. The molecule has 2 rings (SSSR count). The third-order valence-corrected chi connectivity index (χ3v) is 2.88. The second kappa shape index (κ2) is 3.62. The van der Waals surface area contributed by atoms with Gasteiger partial charge in [-0.2, -0.15) is 0 Å². The molecule has 0 bridgehead atoms. The van der Waals surface area contributed by atoms with Gasteiger partial charge < -0.3 is 9.80 Å². The van der Waals surface area contributed by atoms with Crippen molar-refractivity contribution in [1.82, 2.24) is 14.7 Å². The van der Waals surface area contributed by atoms with Gasteiger partial charge in [-0.15, -0.1) is 6.58 Å². The van der Waals surface area contributed by atoms with Gasteiger partial charge in [-0.3, -0.25) is 9.69 Å². The zero-order valence-corrected chi connectivity index (χ0v) is 9.33. The van der Waals surface area contributed by atoms with Gasteiger partial charge in [-0.05, 0) is 0 Å². The molecule has 16 heavy (non-hydrogen) atoms. The summed E-state index contributed by atoms with van der Waals surface area (Å²) in [4.78, 5) is 32.5. The van der Waals surface area contributed by atoms with Crippen molar-refractivity contribution in [1.29, 1.82) is 0 Å². The van der Waals surface area contributed by atoms with Crippen LogP contribution in [-0.4, -0.2) is 65.8 Å². The second-order valence-corrected chi connectivity index (χ2v) is 3.92. The second-order valence-electron chi connectivity index (χ2n) is 3.92. The van der Waals surface area contributed by atoms with Gasteiger partial charge in [0, 0.05) is 20.6 Å². The van der Waals surface area contributed by atoms with Crippen molar-refractivity contribution in [2.45, 2.75) is 12.2 Å². The van der Waals surface area contributed by atoms with Crippen LogP contribution in [0.15, 0.2) is 17.6 Å². The van der Waals surface area contributed by atoms with E-state index < -0.39 is 12.2 Å². The van der Waals surface area contributed by atoms with E-state index in [-0.39, 0.29) is 18.5 Å². The monoisotopic (exact) mass is 222 g/mol. The number of urea groups is 1. The van der Waals surface area contributed by atoms with Gasteiger partial charge >= 0.3 is 6.03 Å². The van der Waals surface area contributed by atoms with Crippen molar-refractivity contribution >= 4 is 18.3 Å². The van der Waals surface area contributed by atoms with Gasteiger partial charge in [0.05, 0.1) is 6.34 Å². The van der Waals surface area contributed by atoms with E-state index >= 15 is 0 Å². The highest BCUT2D eigenvalue weighted by molar-refractivity contribution is 6.02. The quantitative estimate of drug-likeness (QED) is 0.605. The lowest BCUT2D eigenvalue weighted by Gasteiger charge is -2.39. The van der Waals surface area contributed by atoms with Crippen LogP contribution in [0.1, 0.15) is 0 Å². The number of carbonyl (C=O) groups excluding carboxylic acids is 2. The van der Waals surface area contributed by atoms with Crippen LogP contribution in [0, 0.1) is 0 Å². The normalized spacial score (nSPS) is 28.8. The summed E-state index contributed by atoms with van der Waals surface area (Å²) in [5.41, 5.74) is 0. The summed E-state index contributed by atoms with van der Waals surface area (Å²) in [5, 5.41) is 0. The van der Waals surface area contributed by atoms with E-state index in [9.17, 15) is 9.59 Å². The van der Waals surface area contributed by atoms with Crippen LogP contribution in [0.5, 0.6) is 0 Å². The molecule has 2 aliphatic heterocycles. The Morgan fingerprint density at radius 3 is 2.81 bits per heavy atom. The van der Waals surface area contributed by atoms with Gasteiger partial charge in [-0.1, -0.05) is 6.08 Å². The lowest BCUT2D eigenvalue weighted by Crippen LogP contribution is -2.64. The molecule has 0 spiro atoms. The maximum Gasteiger partial charge on any atom is 0.328 e. The Morgan fingerprint density at radius 2 is 2.19 bits per heavy atom. The van der Waals surface area contributed by atoms with Gasteiger partial charge in [0.15, 0.2) is 12.2 Å². The SMILES string of the molecule is C=CCN1C(=O)C2C(N=CN2C)N(C)C1=O. The molecule has 0 saturated carbocycles. The molecular formula is C10H14N4O2. The topological polar surface area (TPSA) is 56.2 Å². The van der Waals surface area contributed by atoms with Crippen LogP contribution in [-0.2, 0) is 4.79 Å². The summed E-state index contributed by atoms with van der Waals surface area (Å²) in [6.07, 6.45) is 2.74. The summed E-state index contributed by atoms with van der Waals surface area (Å²) in [7, 11) is 3.43. The van der Waals surface area contributed by atoms with Crippen LogP contribution in [0.25, 0.3) is 0 Å². The number of imide groups is 1. The summed E-state index contributed by atoms with van der Waals surface area (Å²) in [6.45, 7) is 3.78. The van der Waals surface area contributed by atoms with Crippen molar-refractivity contribution in [2.75, 3.05) is 20.6 Å². The number of hydrogen-bond donors (Lipinski definition) is 0. The molecule has 2 atom stereocenters. The molecule has 2 aliphatic rings. The average Bonchev–Trinajstić information content (AvgIpc) is 2.64. The maximum atomic E-state index is 12.1. The van der Waals surface area contributed by atoms with E-state index in [1.54, 1.807) is 31.4 Å². The molecule has 86 valence electrons. The van der Waals surface area contributed by atoms with Crippen molar-refractivity contribution in [3.05, 3.63) is 12.7 Å². The van der Waals surface area contributed by atoms with Crippen LogP contribution in [0.2, 0.25) is 0 Å². The number of amides is 3. The van der Waals surface area contributed by atoms with Crippen molar-refractivity contribution in [3.63, 3.8) is 0 Å². The number of rotatable bonds is 2. The summed E-state index contributed by atoms with van der Waals surface area (Å²) in [5.74, 6) is -0.215. The smallest absolute Gasteiger partial charge is 0.328 e. The lowest BCUT2D eigenvalue weighted by atomic mass is 10.1. The highest BCUT2D eigenvalue weighted by atomic mass is 16.2. The van der Waals surface area contributed by atoms with Crippen molar-refractivity contribution < 1.29 is 9.59 Å². The highest BCUT2D eigenvalue weighted by Crippen LogP contribution is 2.23. The number of nitrogens with zero attached hydrogens (tertiary/aromatic N) is 4. The zero-order valence-electron chi connectivity index (χ0n) is 9.33. The number of aliphatic imine (C=N–C) groups is 1. The highest BCUT2D eigenvalue weighted by Gasteiger charge is 2.48. The standard InChI is InChI=1S/C10H14N4O2/c1-4-5-14-9(15)7-8(11-6-12(7)2)13(3)10(14)16/h4,6-8H,1,5H2,2-3H3. The number of hydrogen-bond acceptors (Lipinski definition) is 4. The minimum atomic E-state index is -0.400. The van der Waals surface area contributed by atoms with Crippen molar-refractivity contribution in [3.8, 4) is 0 Å². The number of fused-ring (bicyclic) bond motifs is 1. The Morgan fingerprint density at radius 1 is 1.50 bits per heavy atom. The Bertz CT molecular complexity index is 379. The Kier molecular flexibility index (Phi) is 2.41.